The van der Waals surface area contributed by atoms with E-state index >= 15 is 0 Å². The van der Waals surface area contributed by atoms with Crippen LogP contribution in [0, 0.1) is 0 Å². The number of sulfonamides is 1. The zero-order chi connectivity index (χ0) is 15.0. The lowest BCUT2D eigenvalue weighted by Crippen LogP contribution is -2.49. The molecule has 1 saturated carbocycles. The Labute approximate surface area is 135 Å². The monoisotopic (exact) mass is 426 g/mol. The number of nitrogen functional groups attached to an aromatic ring is 1. The van der Waals surface area contributed by atoms with E-state index in [0.717, 1.165) is 19.3 Å². The van der Waals surface area contributed by atoms with E-state index < -0.39 is 10.0 Å². The van der Waals surface area contributed by atoms with Gasteiger partial charge in [-0.05, 0) is 63.3 Å². The molecule has 0 spiro atoms. The molecule has 20 heavy (non-hydrogen) atoms. The van der Waals surface area contributed by atoms with Gasteiger partial charge in [0.15, 0.2) is 0 Å². The van der Waals surface area contributed by atoms with Crippen molar-refractivity contribution in [2.24, 2.45) is 0 Å². The molecule has 0 radical (unpaired) electrons. The van der Waals surface area contributed by atoms with E-state index in [1.807, 2.05) is 0 Å². The molecule has 8 heteroatoms. The molecule has 0 amide bonds. The fourth-order valence-electron chi connectivity index (χ4n) is 2.16. The van der Waals surface area contributed by atoms with Gasteiger partial charge in [-0.3, -0.25) is 0 Å². The molecule has 0 unspecified atom stereocenters. The SMILES string of the molecule is COC1(CNS(=O)(=O)c2c(Br)cc(N)cc2Br)CCC1. The maximum Gasteiger partial charge on any atom is 0.242 e. The van der Waals surface area contributed by atoms with E-state index in [-0.39, 0.29) is 17.0 Å². The van der Waals surface area contributed by atoms with Crippen molar-refractivity contribution in [2.75, 3.05) is 19.4 Å². The predicted molar refractivity (Wildman–Crippen MR) is 85.0 cm³/mol. The number of nitrogens with two attached hydrogens (primary N) is 1. The fourth-order valence-corrected chi connectivity index (χ4v) is 5.89. The first kappa shape index (κ1) is 16.2. The average molecular weight is 428 g/mol. The second-order valence-corrected chi connectivity index (χ2v) is 8.29. The first-order valence-electron chi connectivity index (χ1n) is 6.09. The van der Waals surface area contributed by atoms with Gasteiger partial charge >= 0.3 is 0 Å². The topological polar surface area (TPSA) is 81.4 Å². The second-order valence-electron chi connectivity index (χ2n) is 4.88. The highest BCUT2D eigenvalue weighted by Gasteiger charge is 2.38. The van der Waals surface area contributed by atoms with Crippen molar-refractivity contribution >= 4 is 47.6 Å². The highest BCUT2D eigenvalue weighted by atomic mass is 79.9. The van der Waals surface area contributed by atoms with Gasteiger partial charge in [0.25, 0.3) is 0 Å². The molecule has 1 aliphatic carbocycles. The van der Waals surface area contributed by atoms with E-state index in [0.29, 0.717) is 14.6 Å². The van der Waals surface area contributed by atoms with Gasteiger partial charge in [-0.15, -0.1) is 0 Å². The lowest BCUT2D eigenvalue weighted by molar-refractivity contribution is -0.0659. The lowest BCUT2D eigenvalue weighted by atomic mass is 9.80. The van der Waals surface area contributed by atoms with Gasteiger partial charge in [0, 0.05) is 28.3 Å². The van der Waals surface area contributed by atoms with Crippen LogP contribution in [-0.2, 0) is 14.8 Å². The Balaban J connectivity index is 2.23. The summed E-state index contributed by atoms with van der Waals surface area (Å²) in [6, 6.07) is 3.13. The third-order valence-corrected chi connectivity index (χ3v) is 6.85. The van der Waals surface area contributed by atoms with Gasteiger partial charge in [-0.1, -0.05) is 0 Å². The van der Waals surface area contributed by atoms with Crippen molar-refractivity contribution in [3.63, 3.8) is 0 Å². The molecular weight excluding hydrogens is 412 g/mol. The molecule has 3 N–H and O–H groups in total. The largest absolute Gasteiger partial charge is 0.399 e. The van der Waals surface area contributed by atoms with Gasteiger partial charge < -0.3 is 10.5 Å². The van der Waals surface area contributed by atoms with Crippen LogP contribution >= 0.6 is 31.9 Å². The Bertz CT molecular complexity index is 587. The van der Waals surface area contributed by atoms with E-state index in [1.165, 1.54) is 0 Å². The number of anilines is 1. The molecular formula is C12H16Br2N2O3S. The van der Waals surface area contributed by atoms with E-state index in [2.05, 4.69) is 36.6 Å². The van der Waals surface area contributed by atoms with Crippen molar-refractivity contribution in [2.45, 2.75) is 29.8 Å². The quantitative estimate of drug-likeness (QED) is 0.707. The average Bonchev–Trinajstić information content (AvgIpc) is 2.25. The number of hydrogen-bond acceptors (Lipinski definition) is 4. The molecule has 0 bridgehead atoms. The summed E-state index contributed by atoms with van der Waals surface area (Å²) < 4.78 is 33.7. The first-order chi connectivity index (χ1) is 9.30. The van der Waals surface area contributed by atoms with E-state index in [1.54, 1.807) is 19.2 Å². The lowest BCUT2D eigenvalue weighted by Gasteiger charge is -2.40. The Morgan fingerprint density at radius 2 is 1.90 bits per heavy atom. The number of methoxy groups -OCH3 is 1. The summed E-state index contributed by atoms with van der Waals surface area (Å²) in [5, 5.41) is 0. The minimum Gasteiger partial charge on any atom is -0.399 e. The fraction of sp³-hybridized carbons (Fsp3) is 0.500. The minimum absolute atomic E-state index is 0.150. The van der Waals surface area contributed by atoms with E-state index in [9.17, 15) is 8.42 Å². The molecule has 5 nitrogen and oxygen atoms in total. The standard InChI is InChI=1S/C12H16Br2N2O3S/c1-19-12(3-2-4-12)7-16-20(17,18)11-9(13)5-8(15)6-10(11)14/h5-6,16H,2-4,7,15H2,1H3. The summed E-state index contributed by atoms with van der Waals surface area (Å²) in [5.74, 6) is 0. The van der Waals surface area contributed by atoms with Crippen LogP contribution in [-0.4, -0.2) is 27.7 Å². The second kappa shape index (κ2) is 5.92. The van der Waals surface area contributed by atoms with Crippen LogP contribution in [0.3, 0.4) is 0 Å². The van der Waals surface area contributed by atoms with Crippen molar-refractivity contribution in [1.29, 1.82) is 0 Å². The van der Waals surface area contributed by atoms with Crippen LogP contribution in [0.4, 0.5) is 5.69 Å². The number of nitrogens with one attached hydrogen (secondary N) is 1. The van der Waals surface area contributed by atoms with Crippen molar-refractivity contribution in [3.05, 3.63) is 21.1 Å². The smallest absolute Gasteiger partial charge is 0.242 e. The molecule has 0 heterocycles. The number of halogens is 2. The van der Waals surface area contributed by atoms with Gasteiger partial charge in [-0.25, -0.2) is 13.1 Å². The summed E-state index contributed by atoms with van der Waals surface area (Å²) in [6.07, 6.45) is 2.80. The molecule has 0 aromatic heterocycles. The van der Waals surface area contributed by atoms with Crippen LogP contribution in [0.5, 0.6) is 0 Å². The van der Waals surface area contributed by atoms with Gasteiger partial charge in [-0.2, -0.15) is 0 Å². The number of benzene rings is 1. The molecule has 1 fully saturated rings. The van der Waals surface area contributed by atoms with Crippen LogP contribution in [0.25, 0.3) is 0 Å². The first-order valence-corrected chi connectivity index (χ1v) is 9.16. The predicted octanol–water partition coefficient (Wildman–Crippen LogP) is 2.64. The molecule has 1 aliphatic rings. The van der Waals surface area contributed by atoms with Gasteiger partial charge in [0.05, 0.1) is 5.60 Å². The van der Waals surface area contributed by atoms with Crippen molar-refractivity contribution < 1.29 is 13.2 Å². The normalized spacial score (nSPS) is 17.8. The highest BCUT2D eigenvalue weighted by molar-refractivity contribution is 9.11. The highest BCUT2D eigenvalue weighted by Crippen LogP contribution is 2.36. The van der Waals surface area contributed by atoms with Crippen LogP contribution < -0.4 is 10.5 Å². The Morgan fingerprint density at radius 1 is 1.35 bits per heavy atom. The van der Waals surface area contributed by atoms with Crippen LogP contribution in [0.2, 0.25) is 0 Å². The third-order valence-electron chi connectivity index (χ3n) is 3.57. The molecule has 0 atom stereocenters. The summed E-state index contributed by atoms with van der Waals surface area (Å²) in [4.78, 5) is 0.150. The molecule has 2 rings (SSSR count). The Hall–Kier alpha value is -0.150. The zero-order valence-corrected chi connectivity index (χ0v) is 14.9. The van der Waals surface area contributed by atoms with Gasteiger partial charge in [0.2, 0.25) is 10.0 Å². The maximum absolute atomic E-state index is 12.4. The van der Waals surface area contributed by atoms with Gasteiger partial charge in [0.1, 0.15) is 4.90 Å². The Kier molecular flexibility index (Phi) is 4.80. The molecule has 1 aromatic carbocycles. The zero-order valence-electron chi connectivity index (χ0n) is 10.9. The van der Waals surface area contributed by atoms with Crippen molar-refractivity contribution in [3.8, 4) is 0 Å². The summed E-state index contributed by atoms with van der Waals surface area (Å²) >= 11 is 6.48. The molecule has 112 valence electrons. The number of hydrogen-bond donors (Lipinski definition) is 2. The minimum atomic E-state index is -3.64. The van der Waals surface area contributed by atoms with Crippen molar-refractivity contribution in [1.82, 2.24) is 4.72 Å². The molecule has 1 aromatic rings. The Morgan fingerprint density at radius 3 is 2.30 bits per heavy atom. The molecule has 0 aliphatic heterocycles. The maximum atomic E-state index is 12.4. The number of ether oxygens (including phenoxy) is 1. The van der Waals surface area contributed by atoms with E-state index in [4.69, 9.17) is 10.5 Å². The van der Waals surface area contributed by atoms with Crippen LogP contribution in [0.15, 0.2) is 26.0 Å². The summed E-state index contributed by atoms with van der Waals surface area (Å²) in [7, 11) is -2.02. The summed E-state index contributed by atoms with van der Waals surface area (Å²) in [5.41, 5.74) is 5.79. The summed E-state index contributed by atoms with van der Waals surface area (Å²) in [6.45, 7) is 0.273. The number of rotatable bonds is 5. The van der Waals surface area contributed by atoms with Crippen LogP contribution in [0.1, 0.15) is 19.3 Å². The molecule has 0 saturated heterocycles. The third kappa shape index (κ3) is 3.19.